The first-order chi connectivity index (χ1) is 7.29. The monoisotopic (exact) mass is 205 g/mol. The topological polar surface area (TPSA) is 29.1 Å². The van der Waals surface area contributed by atoms with Crippen molar-refractivity contribution in [2.24, 2.45) is 5.92 Å². The fraction of sp³-hybridized carbons (Fsp3) is 0.769. The molecule has 2 heterocycles. The third-order valence-corrected chi connectivity index (χ3v) is 3.61. The lowest BCUT2D eigenvalue weighted by Gasteiger charge is -2.39. The maximum Gasteiger partial charge on any atom is 0.147 e. The molecule has 2 nitrogen and oxygen atoms in total. The fourth-order valence-electron chi connectivity index (χ4n) is 2.85. The minimum Gasteiger partial charge on any atom is -0.311 e. The molecule has 0 aromatic rings. The van der Waals surface area contributed by atoms with E-state index in [1.807, 2.05) is 0 Å². The summed E-state index contributed by atoms with van der Waals surface area (Å²) in [6.45, 7) is 1.80. The molecule has 2 unspecified atom stereocenters. The highest BCUT2D eigenvalue weighted by Crippen LogP contribution is 2.30. The van der Waals surface area contributed by atoms with Crippen LogP contribution in [-0.4, -0.2) is 17.9 Å². The molecule has 2 bridgehead atoms. The molecule has 2 saturated heterocycles. The number of piperidine rings is 2. The van der Waals surface area contributed by atoms with Crippen molar-refractivity contribution in [3.63, 3.8) is 0 Å². The number of fused-ring (bicyclic) bond motifs is 2. The first-order valence-electron chi connectivity index (χ1n) is 5.98. The Labute approximate surface area is 91.8 Å². The molecule has 0 radical (unpaired) electrons. The van der Waals surface area contributed by atoms with Crippen molar-refractivity contribution in [3.8, 4) is 11.8 Å². The molecule has 2 aliphatic heterocycles. The van der Waals surface area contributed by atoms with Gasteiger partial charge in [-0.2, -0.15) is 0 Å². The van der Waals surface area contributed by atoms with Crippen molar-refractivity contribution in [3.05, 3.63) is 0 Å². The molecule has 0 aliphatic carbocycles. The van der Waals surface area contributed by atoms with Crippen molar-refractivity contribution in [1.82, 2.24) is 5.32 Å². The van der Waals surface area contributed by atoms with Gasteiger partial charge in [-0.05, 0) is 32.6 Å². The zero-order valence-electron chi connectivity index (χ0n) is 9.38. The largest absolute Gasteiger partial charge is 0.311 e. The van der Waals surface area contributed by atoms with Crippen LogP contribution in [0.2, 0.25) is 0 Å². The predicted octanol–water partition coefficient (Wildman–Crippen LogP) is 1.89. The summed E-state index contributed by atoms with van der Waals surface area (Å²) in [6.07, 6.45) is 6.37. The van der Waals surface area contributed by atoms with Gasteiger partial charge in [0, 0.05) is 18.0 Å². The summed E-state index contributed by atoms with van der Waals surface area (Å²) in [5.74, 6) is 6.34. The quantitative estimate of drug-likeness (QED) is 0.697. The molecule has 2 heteroatoms. The molecule has 0 aromatic carbocycles. The fourth-order valence-corrected chi connectivity index (χ4v) is 2.85. The molecular formula is C13H19NO. The molecule has 2 rings (SSSR count). The van der Waals surface area contributed by atoms with E-state index in [1.54, 1.807) is 6.92 Å². The van der Waals surface area contributed by atoms with Crippen LogP contribution in [0.4, 0.5) is 0 Å². The predicted molar refractivity (Wildman–Crippen MR) is 60.4 cm³/mol. The lowest BCUT2D eigenvalue weighted by molar-refractivity contribution is -0.123. The molecular weight excluding hydrogens is 186 g/mol. The number of rotatable bonds is 2. The molecule has 2 atom stereocenters. The van der Waals surface area contributed by atoms with E-state index in [0.717, 1.165) is 12.8 Å². The highest BCUT2D eigenvalue weighted by atomic mass is 16.1. The van der Waals surface area contributed by atoms with Crippen molar-refractivity contribution in [1.29, 1.82) is 0 Å². The number of ketones is 1. The van der Waals surface area contributed by atoms with E-state index in [1.165, 1.54) is 19.3 Å². The third-order valence-electron chi connectivity index (χ3n) is 3.61. The molecule has 1 N–H and O–H groups in total. The van der Waals surface area contributed by atoms with E-state index >= 15 is 0 Å². The molecule has 2 fully saturated rings. The summed E-state index contributed by atoms with van der Waals surface area (Å²) in [4.78, 5) is 11.9. The Morgan fingerprint density at radius 3 is 2.60 bits per heavy atom. The number of carbonyl (C=O) groups is 1. The number of hydrogen-bond donors (Lipinski definition) is 1. The van der Waals surface area contributed by atoms with Crippen LogP contribution in [0.3, 0.4) is 0 Å². The summed E-state index contributed by atoms with van der Waals surface area (Å²) in [6, 6.07) is 1.20. The summed E-state index contributed by atoms with van der Waals surface area (Å²) in [5, 5.41) is 3.61. The zero-order chi connectivity index (χ0) is 10.7. The van der Waals surface area contributed by atoms with Crippen LogP contribution in [-0.2, 0) is 4.79 Å². The maximum absolute atomic E-state index is 11.9. The van der Waals surface area contributed by atoms with Gasteiger partial charge >= 0.3 is 0 Å². The molecule has 0 saturated carbocycles. The van der Waals surface area contributed by atoms with E-state index in [-0.39, 0.29) is 5.92 Å². The Balaban J connectivity index is 1.92. The lowest BCUT2D eigenvalue weighted by Crippen LogP contribution is -2.49. The van der Waals surface area contributed by atoms with Gasteiger partial charge in [0.15, 0.2) is 0 Å². The van der Waals surface area contributed by atoms with Gasteiger partial charge in [0.2, 0.25) is 0 Å². The Bertz CT molecular complexity index is 287. The van der Waals surface area contributed by atoms with Crippen LogP contribution in [0.15, 0.2) is 0 Å². The first kappa shape index (κ1) is 10.7. The van der Waals surface area contributed by atoms with Crippen molar-refractivity contribution >= 4 is 5.78 Å². The van der Waals surface area contributed by atoms with Gasteiger partial charge in [0.25, 0.3) is 0 Å². The summed E-state index contributed by atoms with van der Waals surface area (Å²) in [7, 11) is 0. The van der Waals surface area contributed by atoms with E-state index in [2.05, 4.69) is 17.2 Å². The average Bonchev–Trinajstić information content (AvgIpc) is 2.25. The first-order valence-corrected chi connectivity index (χ1v) is 5.98. The van der Waals surface area contributed by atoms with Crippen LogP contribution in [0.5, 0.6) is 0 Å². The lowest BCUT2D eigenvalue weighted by atomic mass is 9.78. The molecule has 0 spiro atoms. The third kappa shape index (κ3) is 2.60. The summed E-state index contributed by atoms with van der Waals surface area (Å²) < 4.78 is 0. The van der Waals surface area contributed by atoms with E-state index in [0.29, 0.717) is 24.3 Å². The molecule has 82 valence electrons. The maximum atomic E-state index is 11.9. The minimum absolute atomic E-state index is 0.280. The van der Waals surface area contributed by atoms with E-state index < -0.39 is 0 Å². The van der Waals surface area contributed by atoms with Gasteiger partial charge in [-0.3, -0.25) is 4.79 Å². The number of hydrogen-bond acceptors (Lipinski definition) is 2. The van der Waals surface area contributed by atoms with Crippen molar-refractivity contribution in [2.45, 2.75) is 57.5 Å². The number of Topliss-reactive ketones (excluding diaryl/α,β-unsaturated/α-hetero) is 1. The van der Waals surface area contributed by atoms with Gasteiger partial charge in [-0.15, -0.1) is 5.92 Å². The van der Waals surface area contributed by atoms with Crippen LogP contribution in [0.25, 0.3) is 0 Å². The molecule has 2 aliphatic rings. The standard InChI is InChI=1S/C13H19NO/c1-2-3-7-13(15)10-8-11-5-4-6-12(9-10)14-11/h10-12,14H,4-9H2,1H3. The Kier molecular flexibility index (Phi) is 3.43. The minimum atomic E-state index is 0.280. The average molecular weight is 205 g/mol. The Morgan fingerprint density at radius 1 is 1.33 bits per heavy atom. The summed E-state index contributed by atoms with van der Waals surface area (Å²) >= 11 is 0. The Hall–Kier alpha value is -0.810. The highest BCUT2D eigenvalue weighted by Gasteiger charge is 2.33. The van der Waals surface area contributed by atoms with Crippen LogP contribution < -0.4 is 5.32 Å². The SMILES string of the molecule is CC#CCC(=O)C1CC2CCCC(C1)N2. The van der Waals surface area contributed by atoms with Gasteiger partial charge in [0.05, 0.1) is 6.42 Å². The number of nitrogens with one attached hydrogen (secondary N) is 1. The van der Waals surface area contributed by atoms with Crippen LogP contribution in [0, 0.1) is 17.8 Å². The second-order valence-electron chi connectivity index (χ2n) is 4.73. The van der Waals surface area contributed by atoms with Gasteiger partial charge in [-0.1, -0.05) is 12.3 Å². The molecule has 15 heavy (non-hydrogen) atoms. The normalized spacial score (nSPS) is 34.1. The van der Waals surface area contributed by atoms with Crippen molar-refractivity contribution in [2.75, 3.05) is 0 Å². The molecule has 0 aromatic heterocycles. The van der Waals surface area contributed by atoms with Crippen LogP contribution >= 0.6 is 0 Å². The number of carbonyl (C=O) groups excluding carboxylic acids is 1. The molecule has 0 amide bonds. The smallest absolute Gasteiger partial charge is 0.147 e. The van der Waals surface area contributed by atoms with E-state index in [9.17, 15) is 4.79 Å². The second-order valence-corrected chi connectivity index (χ2v) is 4.73. The Morgan fingerprint density at radius 2 is 2.00 bits per heavy atom. The van der Waals surface area contributed by atoms with Gasteiger partial charge in [-0.25, -0.2) is 0 Å². The summed E-state index contributed by atoms with van der Waals surface area (Å²) in [5.41, 5.74) is 0. The van der Waals surface area contributed by atoms with Gasteiger partial charge in [0.1, 0.15) is 5.78 Å². The van der Waals surface area contributed by atoms with Gasteiger partial charge < -0.3 is 5.32 Å². The van der Waals surface area contributed by atoms with Crippen LogP contribution in [0.1, 0.15) is 45.4 Å². The highest BCUT2D eigenvalue weighted by molar-refractivity contribution is 5.83. The zero-order valence-corrected chi connectivity index (χ0v) is 9.38. The second kappa shape index (κ2) is 4.81. The van der Waals surface area contributed by atoms with E-state index in [4.69, 9.17) is 0 Å². The van der Waals surface area contributed by atoms with Crippen molar-refractivity contribution < 1.29 is 4.79 Å².